The molecule has 4 heteroatoms. The van der Waals surface area contributed by atoms with Crippen molar-refractivity contribution in [3.05, 3.63) is 29.8 Å². The summed E-state index contributed by atoms with van der Waals surface area (Å²) in [5, 5.41) is 0. The van der Waals surface area contributed by atoms with E-state index in [1.54, 1.807) is 12.1 Å². The van der Waals surface area contributed by atoms with Gasteiger partial charge in [0.1, 0.15) is 5.75 Å². The van der Waals surface area contributed by atoms with Crippen molar-refractivity contribution in [1.29, 1.82) is 0 Å². The van der Waals surface area contributed by atoms with E-state index in [-0.39, 0.29) is 0 Å². The van der Waals surface area contributed by atoms with Crippen LogP contribution in [0.25, 0.3) is 5.57 Å². The van der Waals surface area contributed by atoms with Crippen LogP contribution in [-0.2, 0) is 9.68 Å². The van der Waals surface area contributed by atoms with Crippen molar-refractivity contribution >= 4 is 12.0 Å². The van der Waals surface area contributed by atoms with Crippen LogP contribution in [0.2, 0.25) is 0 Å². The molecule has 0 amide bonds. The molecule has 86 valence electrons. The molecule has 0 saturated heterocycles. The van der Waals surface area contributed by atoms with Gasteiger partial charge in [-0.1, -0.05) is 6.08 Å². The molecule has 0 fully saturated rings. The van der Waals surface area contributed by atoms with Crippen molar-refractivity contribution in [2.24, 2.45) is 0 Å². The third kappa shape index (κ3) is 2.84. The Morgan fingerprint density at radius 3 is 2.69 bits per heavy atom. The van der Waals surface area contributed by atoms with E-state index in [0.29, 0.717) is 18.0 Å². The summed E-state index contributed by atoms with van der Waals surface area (Å²) in [7, 11) is 1.42. The van der Waals surface area contributed by atoms with Crippen molar-refractivity contribution < 1.29 is 19.3 Å². The van der Waals surface area contributed by atoms with Crippen LogP contribution in [0.1, 0.15) is 19.4 Å². The Balaban J connectivity index is 3.13. The molecule has 0 bridgehead atoms. The number of benzene rings is 1. The Bertz CT molecular complexity index is 396. The lowest BCUT2D eigenvalue weighted by molar-refractivity contribution is -0.178. The van der Waals surface area contributed by atoms with E-state index in [0.717, 1.165) is 11.1 Å². The predicted octanol–water partition coefficient (Wildman–Crippen LogP) is 2.59. The van der Waals surface area contributed by atoms with E-state index in [1.165, 1.54) is 7.11 Å². The van der Waals surface area contributed by atoms with Gasteiger partial charge in [-0.05, 0) is 31.6 Å². The molecule has 1 aromatic rings. The lowest BCUT2D eigenvalue weighted by atomic mass is 10.1. The second kappa shape index (κ2) is 5.92. The number of rotatable bonds is 5. The van der Waals surface area contributed by atoms with E-state index in [9.17, 15) is 4.79 Å². The average Bonchev–Trinajstić information content (AvgIpc) is 2.29. The van der Waals surface area contributed by atoms with Crippen LogP contribution in [0.15, 0.2) is 24.3 Å². The highest BCUT2D eigenvalue weighted by molar-refractivity contribution is 5.70. The molecule has 0 spiro atoms. The van der Waals surface area contributed by atoms with Gasteiger partial charge in [0.05, 0.1) is 7.11 Å². The van der Waals surface area contributed by atoms with Crippen molar-refractivity contribution in [3.8, 4) is 11.5 Å². The van der Waals surface area contributed by atoms with Crippen LogP contribution < -0.4 is 9.62 Å². The first-order valence-corrected chi connectivity index (χ1v) is 4.81. The summed E-state index contributed by atoms with van der Waals surface area (Å²) in [5.41, 5.74) is 1.94. The summed E-state index contributed by atoms with van der Waals surface area (Å²) in [5.74, 6) is 0.923. The van der Waals surface area contributed by atoms with Gasteiger partial charge in [-0.15, -0.1) is 0 Å². The van der Waals surface area contributed by atoms with Crippen LogP contribution in [0.4, 0.5) is 0 Å². The second-order valence-electron chi connectivity index (χ2n) is 3.09. The van der Waals surface area contributed by atoms with Crippen LogP contribution >= 0.6 is 0 Å². The Kier molecular flexibility index (Phi) is 4.54. The molecule has 1 rings (SSSR count). The first-order valence-electron chi connectivity index (χ1n) is 4.81. The lowest BCUT2D eigenvalue weighted by Gasteiger charge is -2.09. The standard InChI is InChI=1S/C12H14O4/c1-4-9(2)11-6-5-10(15-8-13)7-12(11)16-14-3/h4-8H,1-3H3/b9-4-. The fourth-order valence-corrected chi connectivity index (χ4v) is 1.27. The van der Waals surface area contributed by atoms with Crippen LogP contribution in [0.3, 0.4) is 0 Å². The average molecular weight is 222 g/mol. The molecule has 0 heterocycles. The van der Waals surface area contributed by atoms with Gasteiger partial charge in [-0.3, -0.25) is 4.79 Å². The summed E-state index contributed by atoms with van der Waals surface area (Å²) < 4.78 is 4.73. The third-order valence-electron chi connectivity index (χ3n) is 2.17. The van der Waals surface area contributed by atoms with Gasteiger partial charge in [0.15, 0.2) is 5.75 Å². The molecule has 16 heavy (non-hydrogen) atoms. The highest BCUT2D eigenvalue weighted by Crippen LogP contribution is 2.30. The van der Waals surface area contributed by atoms with Crippen LogP contribution in [-0.4, -0.2) is 13.6 Å². The summed E-state index contributed by atoms with van der Waals surface area (Å²) in [6.45, 7) is 4.26. The number of hydrogen-bond donors (Lipinski definition) is 0. The molecule has 1 aromatic carbocycles. The van der Waals surface area contributed by atoms with E-state index in [1.807, 2.05) is 26.0 Å². The topological polar surface area (TPSA) is 44.8 Å². The summed E-state index contributed by atoms with van der Waals surface area (Å²) in [6.07, 6.45) is 1.96. The highest BCUT2D eigenvalue weighted by atomic mass is 17.2. The molecule has 0 aliphatic rings. The molecule has 0 aromatic heterocycles. The number of carbonyl (C=O) groups excluding carboxylic acids is 1. The zero-order valence-electron chi connectivity index (χ0n) is 9.52. The summed E-state index contributed by atoms with van der Waals surface area (Å²) >= 11 is 0. The third-order valence-corrected chi connectivity index (χ3v) is 2.17. The lowest BCUT2D eigenvalue weighted by Crippen LogP contribution is -1.96. The number of carbonyl (C=O) groups is 1. The van der Waals surface area contributed by atoms with E-state index in [4.69, 9.17) is 9.62 Å². The Morgan fingerprint density at radius 2 is 2.12 bits per heavy atom. The first kappa shape index (κ1) is 12.3. The van der Waals surface area contributed by atoms with E-state index >= 15 is 0 Å². The molecule has 0 atom stereocenters. The molecule has 0 aliphatic heterocycles. The minimum Gasteiger partial charge on any atom is -0.429 e. The van der Waals surface area contributed by atoms with E-state index in [2.05, 4.69) is 4.89 Å². The molecule has 0 unspecified atom stereocenters. The van der Waals surface area contributed by atoms with Crippen molar-refractivity contribution in [3.63, 3.8) is 0 Å². The zero-order valence-corrected chi connectivity index (χ0v) is 9.52. The van der Waals surface area contributed by atoms with Gasteiger partial charge in [-0.2, -0.15) is 4.89 Å². The molecular formula is C12H14O4. The number of ether oxygens (including phenoxy) is 1. The van der Waals surface area contributed by atoms with Gasteiger partial charge >= 0.3 is 0 Å². The predicted molar refractivity (Wildman–Crippen MR) is 60.1 cm³/mol. The van der Waals surface area contributed by atoms with Crippen LogP contribution in [0.5, 0.6) is 11.5 Å². The van der Waals surface area contributed by atoms with Gasteiger partial charge < -0.3 is 9.62 Å². The van der Waals surface area contributed by atoms with Gasteiger partial charge in [0.2, 0.25) is 0 Å². The molecule has 0 aliphatic carbocycles. The molecule has 0 saturated carbocycles. The van der Waals surface area contributed by atoms with Gasteiger partial charge in [-0.25, -0.2) is 0 Å². The largest absolute Gasteiger partial charge is 0.429 e. The van der Waals surface area contributed by atoms with Gasteiger partial charge in [0.25, 0.3) is 6.47 Å². The fraction of sp³-hybridized carbons (Fsp3) is 0.250. The van der Waals surface area contributed by atoms with Crippen LogP contribution in [0, 0.1) is 0 Å². The molecule has 4 nitrogen and oxygen atoms in total. The van der Waals surface area contributed by atoms with Crippen molar-refractivity contribution in [2.75, 3.05) is 7.11 Å². The maximum absolute atomic E-state index is 10.2. The summed E-state index contributed by atoms with van der Waals surface area (Å²) in [4.78, 5) is 19.8. The minimum atomic E-state index is 0.369. The molecule has 0 N–H and O–H groups in total. The fourth-order valence-electron chi connectivity index (χ4n) is 1.27. The smallest absolute Gasteiger partial charge is 0.298 e. The number of hydrogen-bond acceptors (Lipinski definition) is 4. The first-order chi connectivity index (χ1) is 7.72. The molecular weight excluding hydrogens is 208 g/mol. The SMILES string of the molecule is C/C=C(/C)c1ccc(OC=O)cc1OOC. The quantitative estimate of drug-likeness (QED) is 0.436. The molecule has 0 radical (unpaired) electrons. The van der Waals surface area contributed by atoms with Crippen molar-refractivity contribution in [2.45, 2.75) is 13.8 Å². The normalized spacial score (nSPS) is 11.1. The highest BCUT2D eigenvalue weighted by Gasteiger charge is 2.08. The Morgan fingerprint density at radius 1 is 1.38 bits per heavy atom. The summed E-state index contributed by atoms with van der Waals surface area (Å²) in [6, 6.07) is 5.10. The van der Waals surface area contributed by atoms with E-state index < -0.39 is 0 Å². The Hall–Kier alpha value is -1.81. The monoisotopic (exact) mass is 222 g/mol. The van der Waals surface area contributed by atoms with Gasteiger partial charge in [0, 0.05) is 11.6 Å². The maximum atomic E-state index is 10.2. The Labute approximate surface area is 94.4 Å². The number of allylic oxidation sites excluding steroid dienone is 2. The maximum Gasteiger partial charge on any atom is 0.298 e. The second-order valence-corrected chi connectivity index (χ2v) is 3.09. The minimum absolute atomic E-state index is 0.369. The van der Waals surface area contributed by atoms with Crippen molar-refractivity contribution in [1.82, 2.24) is 0 Å². The zero-order chi connectivity index (χ0) is 12.0.